The fourth-order valence-electron chi connectivity index (χ4n) is 0.327. The van der Waals surface area contributed by atoms with Crippen molar-refractivity contribution in [1.29, 1.82) is 0 Å². The first-order valence-electron chi connectivity index (χ1n) is 2.47. The Balaban J connectivity index is 4.35. The van der Waals surface area contributed by atoms with E-state index in [1.54, 1.807) is 0 Å². The van der Waals surface area contributed by atoms with Crippen LogP contribution in [0.3, 0.4) is 0 Å². The molecule has 0 radical (unpaired) electrons. The molecule has 0 saturated heterocycles. The maximum Gasteiger partial charge on any atom is 0.430 e. The summed E-state index contributed by atoms with van der Waals surface area (Å²) in [5.41, 5.74) is 3.45. The smallest absolute Gasteiger partial charge is 0.395 e. The molecule has 0 aromatic carbocycles. The van der Waals surface area contributed by atoms with E-state index in [2.05, 4.69) is 5.73 Å². The molecule has 0 fully saturated rings. The van der Waals surface area contributed by atoms with Gasteiger partial charge < -0.3 is 5.73 Å². The lowest BCUT2D eigenvalue weighted by molar-refractivity contribution is -0.114. The first-order chi connectivity index (χ1) is 4.34. The van der Waals surface area contributed by atoms with Crippen molar-refractivity contribution < 1.29 is 18.6 Å². The van der Waals surface area contributed by atoms with Crippen LogP contribution in [0.25, 0.3) is 0 Å². The van der Waals surface area contributed by atoms with Gasteiger partial charge >= 0.3 is 6.18 Å². The normalized spacial score (nSPS) is 13.4. The van der Waals surface area contributed by atoms with Crippen LogP contribution in [0.4, 0.5) is 13.2 Å². The minimum Gasteiger partial charge on any atom is -0.395 e. The zero-order valence-corrected chi connectivity index (χ0v) is 5.37. The molecule has 0 rings (SSSR count). The van der Waals surface area contributed by atoms with Crippen molar-refractivity contribution in [2.75, 3.05) is 0 Å². The lowest BCUT2D eigenvalue weighted by Gasteiger charge is -2.03. The third-order valence-corrected chi connectivity index (χ3v) is 0.710. The Morgan fingerprint density at radius 1 is 1.50 bits per heavy atom. The second-order valence-electron chi connectivity index (χ2n) is 1.84. The summed E-state index contributed by atoms with van der Waals surface area (Å²) in [4.78, 5) is 0. The summed E-state index contributed by atoms with van der Waals surface area (Å²) in [7, 11) is 0. The van der Waals surface area contributed by atoms with Crippen LogP contribution in [-0.4, -0.2) is 11.9 Å². The zero-order valence-electron chi connectivity index (χ0n) is 5.37. The molecule has 0 spiro atoms. The summed E-state index contributed by atoms with van der Waals surface area (Å²) >= 11 is 0. The number of allylic oxidation sites excluding steroid dienone is 2. The van der Waals surface area contributed by atoms with Gasteiger partial charge in [-0.05, 0) is 0 Å². The van der Waals surface area contributed by atoms with Crippen molar-refractivity contribution in [3.05, 3.63) is 11.8 Å². The Morgan fingerprint density at radius 3 is 2.00 bits per heavy atom. The maximum absolute atomic E-state index is 11.5. The van der Waals surface area contributed by atoms with Gasteiger partial charge in [-0.15, -0.1) is 0 Å². The van der Waals surface area contributed by atoms with Gasteiger partial charge in [-0.2, -0.15) is 13.2 Å². The Morgan fingerprint density at radius 2 is 1.90 bits per heavy atom. The van der Waals surface area contributed by atoms with Crippen molar-refractivity contribution in [1.82, 2.24) is 0 Å². The van der Waals surface area contributed by atoms with Crippen LogP contribution in [0.2, 0.25) is 0 Å². The minimum atomic E-state index is -4.47. The van der Waals surface area contributed by atoms with Crippen LogP contribution in [-0.2, 0) is 0 Å². The number of halogens is 3. The standard InChI is InChI=1S/C5H7F3N2/c1-3(9)2-4(10)5(6,7)8/h2,9H,10H2,1H3/p+1/b4-2-,9-3?. The van der Waals surface area contributed by atoms with E-state index in [4.69, 9.17) is 5.41 Å². The summed E-state index contributed by atoms with van der Waals surface area (Å²) in [5, 5.41) is 4.95. The van der Waals surface area contributed by atoms with E-state index >= 15 is 0 Å². The molecule has 5 heteroatoms. The molecule has 0 amide bonds. The lowest BCUT2D eigenvalue weighted by Crippen LogP contribution is -2.37. The predicted molar refractivity (Wildman–Crippen MR) is 30.9 cm³/mol. The third-order valence-electron chi connectivity index (χ3n) is 0.710. The van der Waals surface area contributed by atoms with Gasteiger partial charge in [-0.3, -0.25) is 5.41 Å². The monoisotopic (exact) mass is 153 g/mol. The number of hydrogen-bond donors (Lipinski definition) is 2. The molecule has 10 heavy (non-hydrogen) atoms. The molecule has 0 aromatic heterocycles. The SMILES string of the molecule is CC(=[NH2+])/C=C(\N)C(F)(F)F. The van der Waals surface area contributed by atoms with Crippen molar-refractivity contribution in [2.45, 2.75) is 13.1 Å². The molecule has 0 aromatic rings. The van der Waals surface area contributed by atoms with Crippen LogP contribution in [0.5, 0.6) is 0 Å². The molecular weight excluding hydrogens is 145 g/mol. The molecule has 0 saturated carbocycles. The Bertz CT molecular complexity index is 168. The van der Waals surface area contributed by atoms with E-state index in [9.17, 15) is 13.2 Å². The summed E-state index contributed by atoms with van der Waals surface area (Å²) in [6.45, 7) is 1.33. The highest BCUT2D eigenvalue weighted by Gasteiger charge is 2.31. The molecule has 58 valence electrons. The average Bonchev–Trinajstić information content (AvgIpc) is 1.60. The summed E-state index contributed by atoms with van der Waals surface area (Å²) in [6.07, 6.45) is -3.79. The summed E-state index contributed by atoms with van der Waals surface area (Å²) in [6, 6.07) is 0. The van der Waals surface area contributed by atoms with E-state index in [1.807, 2.05) is 0 Å². The number of hydrogen-bond acceptors (Lipinski definition) is 1. The first-order valence-corrected chi connectivity index (χ1v) is 2.47. The fraction of sp³-hybridized carbons (Fsp3) is 0.400. The fourth-order valence-corrected chi connectivity index (χ4v) is 0.327. The van der Waals surface area contributed by atoms with Gasteiger partial charge in [0.1, 0.15) is 5.70 Å². The van der Waals surface area contributed by atoms with Gasteiger partial charge in [0.05, 0.1) is 0 Å². The number of nitrogens with two attached hydrogens (primary N) is 2. The van der Waals surface area contributed by atoms with Crippen LogP contribution in [0.15, 0.2) is 11.8 Å². The van der Waals surface area contributed by atoms with Gasteiger partial charge in [-0.1, -0.05) is 0 Å². The summed E-state index contributed by atoms with van der Waals surface area (Å²) < 4.78 is 34.6. The molecular formula is C5H8F3N2+. The highest BCUT2D eigenvalue weighted by atomic mass is 19.4. The van der Waals surface area contributed by atoms with Gasteiger partial charge in [0, 0.05) is 13.0 Å². The predicted octanol–water partition coefficient (Wildman–Crippen LogP) is -0.389. The molecule has 4 N–H and O–H groups in total. The number of alkyl halides is 3. The van der Waals surface area contributed by atoms with Crippen molar-refractivity contribution >= 4 is 5.71 Å². The molecule has 0 unspecified atom stereocenters. The van der Waals surface area contributed by atoms with Crippen LogP contribution >= 0.6 is 0 Å². The highest BCUT2D eigenvalue weighted by Crippen LogP contribution is 2.20. The quantitative estimate of drug-likeness (QED) is 0.495. The Kier molecular flexibility index (Phi) is 2.45. The molecule has 0 aliphatic carbocycles. The Hall–Kier alpha value is -1.00. The second-order valence-corrected chi connectivity index (χ2v) is 1.84. The third kappa shape index (κ3) is 3.11. The first kappa shape index (κ1) is 9.00. The highest BCUT2D eigenvalue weighted by molar-refractivity contribution is 5.87. The van der Waals surface area contributed by atoms with E-state index in [0.717, 1.165) is 0 Å². The molecule has 0 aliphatic rings. The molecule has 0 heterocycles. The topological polar surface area (TPSA) is 51.6 Å². The van der Waals surface area contributed by atoms with E-state index < -0.39 is 11.9 Å². The van der Waals surface area contributed by atoms with Crippen LogP contribution in [0.1, 0.15) is 6.92 Å². The molecule has 0 aliphatic heterocycles. The van der Waals surface area contributed by atoms with Crippen molar-refractivity contribution in [3.8, 4) is 0 Å². The van der Waals surface area contributed by atoms with E-state index in [-0.39, 0.29) is 5.71 Å². The molecule has 2 nitrogen and oxygen atoms in total. The molecule has 0 atom stereocenters. The zero-order chi connectivity index (χ0) is 8.36. The lowest BCUT2D eigenvalue weighted by atomic mass is 10.3. The van der Waals surface area contributed by atoms with Crippen LogP contribution < -0.4 is 11.1 Å². The van der Waals surface area contributed by atoms with Gasteiger partial charge in [0.25, 0.3) is 0 Å². The van der Waals surface area contributed by atoms with Gasteiger partial charge in [0.2, 0.25) is 0 Å². The molecule has 0 bridgehead atoms. The largest absolute Gasteiger partial charge is 0.430 e. The minimum absolute atomic E-state index is 0.0369. The summed E-state index contributed by atoms with van der Waals surface area (Å²) in [5.74, 6) is 0. The average molecular weight is 153 g/mol. The van der Waals surface area contributed by atoms with E-state index in [1.165, 1.54) is 6.92 Å². The van der Waals surface area contributed by atoms with Crippen LogP contribution in [0, 0.1) is 0 Å². The van der Waals surface area contributed by atoms with Gasteiger partial charge in [0.15, 0.2) is 5.71 Å². The number of rotatable bonds is 1. The van der Waals surface area contributed by atoms with Crippen molar-refractivity contribution in [2.24, 2.45) is 5.73 Å². The van der Waals surface area contributed by atoms with E-state index in [0.29, 0.717) is 6.08 Å². The van der Waals surface area contributed by atoms with Gasteiger partial charge in [-0.25, -0.2) is 0 Å². The maximum atomic E-state index is 11.5. The Labute approximate surface area is 56.0 Å². The van der Waals surface area contributed by atoms with Crippen molar-refractivity contribution in [3.63, 3.8) is 0 Å². The second kappa shape index (κ2) is 2.72.